The van der Waals surface area contributed by atoms with Crippen LogP contribution in [0.2, 0.25) is 0 Å². The van der Waals surface area contributed by atoms with Crippen molar-refractivity contribution in [3.63, 3.8) is 0 Å². The fourth-order valence-electron chi connectivity index (χ4n) is 2.81. The van der Waals surface area contributed by atoms with Gasteiger partial charge in [0.1, 0.15) is 0 Å². The first-order valence-electron chi connectivity index (χ1n) is 8.32. The maximum absolute atomic E-state index is 2.43. The largest absolute Gasteiger partial charge is 0.378 e. The molecule has 0 aliphatic heterocycles. The molecule has 0 heterocycles. The van der Waals surface area contributed by atoms with Crippen LogP contribution in [0.4, 0.5) is 11.4 Å². The van der Waals surface area contributed by atoms with Crippen molar-refractivity contribution in [2.75, 3.05) is 23.9 Å². The summed E-state index contributed by atoms with van der Waals surface area (Å²) < 4.78 is 0. The van der Waals surface area contributed by atoms with Gasteiger partial charge < -0.3 is 9.80 Å². The smallest absolute Gasteiger partial charge is 0.0433 e. The molecule has 0 aliphatic carbocycles. The molecule has 24 heavy (non-hydrogen) atoms. The van der Waals surface area contributed by atoms with E-state index in [1.807, 2.05) is 0 Å². The van der Waals surface area contributed by atoms with Gasteiger partial charge in [-0.05, 0) is 29.3 Å². The SMILES string of the molecule is CN(C)c1cccc(N(Cc2ccccc2)Cc2ccccc2)c1. The second-order valence-electron chi connectivity index (χ2n) is 6.24. The first-order chi connectivity index (χ1) is 11.7. The minimum absolute atomic E-state index is 0.895. The lowest BCUT2D eigenvalue weighted by Crippen LogP contribution is -2.22. The zero-order valence-electron chi connectivity index (χ0n) is 14.4. The van der Waals surface area contributed by atoms with Crippen LogP contribution >= 0.6 is 0 Å². The Kier molecular flexibility index (Phi) is 5.17. The van der Waals surface area contributed by atoms with Crippen LogP contribution in [0.1, 0.15) is 11.1 Å². The number of rotatable bonds is 6. The van der Waals surface area contributed by atoms with Gasteiger partial charge in [-0.1, -0.05) is 66.7 Å². The highest BCUT2D eigenvalue weighted by Gasteiger charge is 2.10. The van der Waals surface area contributed by atoms with Crippen molar-refractivity contribution in [3.8, 4) is 0 Å². The molecular weight excluding hydrogens is 292 g/mol. The predicted octanol–water partition coefficient (Wildman–Crippen LogP) is 4.96. The molecular formula is C22H24N2. The predicted molar refractivity (Wildman–Crippen MR) is 104 cm³/mol. The number of benzene rings is 3. The van der Waals surface area contributed by atoms with Crippen molar-refractivity contribution in [1.82, 2.24) is 0 Å². The van der Waals surface area contributed by atoms with Gasteiger partial charge in [0.25, 0.3) is 0 Å². The zero-order chi connectivity index (χ0) is 16.8. The van der Waals surface area contributed by atoms with Crippen molar-refractivity contribution in [1.29, 1.82) is 0 Å². The molecule has 0 aliphatic rings. The Labute approximate surface area is 145 Å². The van der Waals surface area contributed by atoms with Crippen LogP contribution in [0.5, 0.6) is 0 Å². The van der Waals surface area contributed by atoms with E-state index < -0.39 is 0 Å². The van der Waals surface area contributed by atoms with Gasteiger partial charge in [-0.3, -0.25) is 0 Å². The lowest BCUT2D eigenvalue weighted by atomic mass is 10.1. The number of hydrogen-bond donors (Lipinski definition) is 0. The van der Waals surface area contributed by atoms with Crippen LogP contribution in [-0.2, 0) is 13.1 Å². The van der Waals surface area contributed by atoms with Crippen LogP contribution < -0.4 is 9.80 Å². The van der Waals surface area contributed by atoms with Crippen LogP contribution in [0.3, 0.4) is 0 Å². The third-order valence-corrected chi connectivity index (χ3v) is 4.14. The van der Waals surface area contributed by atoms with E-state index in [2.05, 4.69) is 109 Å². The van der Waals surface area contributed by atoms with E-state index in [0.29, 0.717) is 0 Å². The quantitative estimate of drug-likeness (QED) is 0.634. The van der Waals surface area contributed by atoms with Gasteiger partial charge in [0.15, 0.2) is 0 Å². The summed E-state index contributed by atoms with van der Waals surface area (Å²) in [4.78, 5) is 4.57. The van der Waals surface area contributed by atoms with Gasteiger partial charge in [0.05, 0.1) is 0 Å². The topological polar surface area (TPSA) is 6.48 Å². The van der Waals surface area contributed by atoms with Crippen molar-refractivity contribution in [2.45, 2.75) is 13.1 Å². The molecule has 0 N–H and O–H groups in total. The molecule has 0 atom stereocenters. The fraction of sp³-hybridized carbons (Fsp3) is 0.182. The number of nitrogens with zero attached hydrogens (tertiary/aromatic N) is 2. The minimum atomic E-state index is 0.895. The first-order valence-corrected chi connectivity index (χ1v) is 8.32. The molecule has 2 nitrogen and oxygen atoms in total. The third-order valence-electron chi connectivity index (χ3n) is 4.14. The van der Waals surface area contributed by atoms with Gasteiger partial charge in [-0.25, -0.2) is 0 Å². The van der Waals surface area contributed by atoms with E-state index in [4.69, 9.17) is 0 Å². The standard InChI is InChI=1S/C22H24N2/c1-23(2)21-14-9-15-22(16-21)24(17-19-10-5-3-6-11-19)18-20-12-7-4-8-13-20/h3-16H,17-18H2,1-2H3. The third kappa shape index (κ3) is 4.17. The highest BCUT2D eigenvalue weighted by atomic mass is 15.1. The Bertz CT molecular complexity index is 710. The van der Waals surface area contributed by atoms with E-state index in [-0.39, 0.29) is 0 Å². The number of hydrogen-bond acceptors (Lipinski definition) is 2. The van der Waals surface area contributed by atoms with Crippen LogP contribution in [0.25, 0.3) is 0 Å². The second kappa shape index (κ2) is 7.69. The lowest BCUT2D eigenvalue weighted by Gasteiger charge is -2.26. The van der Waals surface area contributed by atoms with E-state index in [1.54, 1.807) is 0 Å². The van der Waals surface area contributed by atoms with E-state index in [0.717, 1.165) is 13.1 Å². The van der Waals surface area contributed by atoms with E-state index in [1.165, 1.54) is 22.5 Å². The van der Waals surface area contributed by atoms with Gasteiger partial charge in [0, 0.05) is 38.6 Å². The highest BCUT2D eigenvalue weighted by Crippen LogP contribution is 2.24. The second-order valence-corrected chi connectivity index (χ2v) is 6.24. The molecule has 122 valence electrons. The van der Waals surface area contributed by atoms with E-state index in [9.17, 15) is 0 Å². The Morgan fingerprint density at radius 3 is 1.58 bits per heavy atom. The summed E-state index contributed by atoms with van der Waals surface area (Å²) in [5, 5.41) is 0. The lowest BCUT2D eigenvalue weighted by molar-refractivity contribution is 0.800. The summed E-state index contributed by atoms with van der Waals surface area (Å²) in [5.74, 6) is 0. The van der Waals surface area contributed by atoms with Crippen molar-refractivity contribution < 1.29 is 0 Å². The highest BCUT2D eigenvalue weighted by molar-refractivity contribution is 5.59. The average molecular weight is 316 g/mol. The molecule has 0 spiro atoms. The average Bonchev–Trinajstić information content (AvgIpc) is 2.63. The van der Waals surface area contributed by atoms with Crippen molar-refractivity contribution in [2.24, 2.45) is 0 Å². The molecule has 3 rings (SSSR count). The monoisotopic (exact) mass is 316 g/mol. The van der Waals surface area contributed by atoms with Gasteiger partial charge in [-0.15, -0.1) is 0 Å². The summed E-state index contributed by atoms with van der Waals surface area (Å²) in [6, 6.07) is 30.0. The maximum atomic E-state index is 2.43. The summed E-state index contributed by atoms with van der Waals surface area (Å²) in [6.07, 6.45) is 0. The van der Waals surface area contributed by atoms with Crippen molar-refractivity contribution >= 4 is 11.4 Å². The molecule has 0 saturated carbocycles. The zero-order valence-corrected chi connectivity index (χ0v) is 14.4. The molecule has 0 amide bonds. The summed E-state index contributed by atoms with van der Waals surface area (Å²) >= 11 is 0. The summed E-state index contributed by atoms with van der Waals surface area (Å²) in [5.41, 5.74) is 5.11. The van der Waals surface area contributed by atoms with E-state index >= 15 is 0 Å². The molecule has 3 aromatic carbocycles. The molecule has 0 fully saturated rings. The molecule has 2 heteroatoms. The normalized spacial score (nSPS) is 10.4. The van der Waals surface area contributed by atoms with Crippen LogP contribution in [0, 0.1) is 0 Å². The molecule has 0 radical (unpaired) electrons. The molecule has 0 aromatic heterocycles. The van der Waals surface area contributed by atoms with Gasteiger partial charge in [0.2, 0.25) is 0 Å². The molecule has 3 aromatic rings. The maximum Gasteiger partial charge on any atom is 0.0433 e. The Morgan fingerprint density at radius 2 is 1.08 bits per heavy atom. The summed E-state index contributed by atoms with van der Waals surface area (Å²) in [7, 11) is 4.16. The Morgan fingerprint density at radius 1 is 0.583 bits per heavy atom. The number of anilines is 2. The van der Waals surface area contributed by atoms with Crippen LogP contribution in [0.15, 0.2) is 84.9 Å². The Hall–Kier alpha value is -2.74. The first kappa shape index (κ1) is 16.1. The van der Waals surface area contributed by atoms with Gasteiger partial charge in [-0.2, -0.15) is 0 Å². The molecule has 0 unspecified atom stereocenters. The van der Waals surface area contributed by atoms with Gasteiger partial charge >= 0.3 is 0 Å². The minimum Gasteiger partial charge on any atom is -0.378 e. The molecule has 0 saturated heterocycles. The van der Waals surface area contributed by atoms with Crippen LogP contribution in [-0.4, -0.2) is 14.1 Å². The fourth-order valence-corrected chi connectivity index (χ4v) is 2.81. The summed E-state index contributed by atoms with van der Waals surface area (Å²) in [6.45, 7) is 1.79. The molecule has 0 bridgehead atoms. The Balaban J connectivity index is 1.90. The van der Waals surface area contributed by atoms with Crippen molar-refractivity contribution in [3.05, 3.63) is 96.1 Å².